The maximum absolute atomic E-state index is 13.7. The summed E-state index contributed by atoms with van der Waals surface area (Å²) >= 11 is 0. The van der Waals surface area contributed by atoms with Crippen LogP contribution in [0.5, 0.6) is 5.75 Å². The molecule has 0 bridgehead atoms. The quantitative estimate of drug-likeness (QED) is 0.908. The third kappa shape index (κ3) is 3.79. The number of anilines is 2. The van der Waals surface area contributed by atoms with E-state index < -0.39 is 11.7 Å². The topological polar surface area (TPSA) is 58.6 Å². The Balaban J connectivity index is 1.67. The Bertz CT molecular complexity index is 776. The van der Waals surface area contributed by atoms with E-state index in [4.69, 9.17) is 4.74 Å². The van der Waals surface area contributed by atoms with E-state index in [0.717, 1.165) is 11.4 Å². The molecule has 0 unspecified atom stereocenters. The second-order valence-corrected chi connectivity index (χ2v) is 5.80. The molecular weight excluding hydrogens is 323 g/mol. The van der Waals surface area contributed by atoms with Crippen LogP contribution in [0, 0.1) is 11.7 Å². The summed E-state index contributed by atoms with van der Waals surface area (Å²) in [6.07, 6.45) is 0.105. The van der Waals surface area contributed by atoms with Gasteiger partial charge in [-0.1, -0.05) is 12.1 Å². The van der Waals surface area contributed by atoms with Gasteiger partial charge in [0.1, 0.15) is 11.6 Å². The highest BCUT2D eigenvalue weighted by Crippen LogP contribution is 2.28. The van der Waals surface area contributed by atoms with E-state index in [2.05, 4.69) is 5.32 Å². The van der Waals surface area contributed by atoms with E-state index in [1.54, 1.807) is 41.3 Å². The van der Waals surface area contributed by atoms with E-state index in [-0.39, 0.29) is 30.5 Å². The van der Waals surface area contributed by atoms with Crippen molar-refractivity contribution in [3.63, 3.8) is 0 Å². The van der Waals surface area contributed by atoms with Crippen molar-refractivity contribution < 1.29 is 18.7 Å². The number of ether oxygens (including phenoxy) is 1. The number of hydrogen-bond donors (Lipinski definition) is 1. The maximum atomic E-state index is 13.7. The molecular formula is C19H19FN2O3. The van der Waals surface area contributed by atoms with Crippen LogP contribution in [-0.2, 0) is 9.59 Å². The Labute approximate surface area is 145 Å². The van der Waals surface area contributed by atoms with Crippen LogP contribution in [-0.4, -0.2) is 25.0 Å². The zero-order valence-electron chi connectivity index (χ0n) is 13.9. The molecule has 0 aliphatic carbocycles. The molecule has 1 atom stereocenters. The minimum absolute atomic E-state index is 0.105. The first-order chi connectivity index (χ1) is 12.1. The van der Waals surface area contributed by atoms with E-state index in [1.165, 1.54) is 12.1 Å². The van der Waals surface area contributed by atoms with Crippen LogP contribution in [0.25, 0.3) is 0 Å². The number of rotatable bonds is 5. The van der Waals surface area contributed by atoms with Crippen molar-refractivity contribution in [3.8, 4) is 5.75 Å². The van der Waals surface area contributed by atoms with Gasteiger partial charge in [-0.05, 0) is 43.3 Å². The molecule has 2 aromatic rings. The number of halogens is 1. The Morgan fingerprint density at radius 2 is 1.96 bits per heavy atom. The van der Waals surface area contributed by atoms with E-state index >= 15 is 0 Å². The molecule has 1 aliphatic rings. The van der Waals surface area contributed by atoms with Crippen molar-refractivity contribution in [2.24, 2.45) is 5.92 Å². The number of nitrogens with one attached hydrogen (secondary N) is 1. The summed E-state index contributed by atoms with van der Waals surface area (Å²) in [6, 6.07) is 13.1. The molecule has 130 valence electrons. The van der Waals surface area contributed by atoms with Gasteiger partial charge in [0.05, 0.1) is 18.2 Å². The number of para-hydroxylation sites is 1. The van der Waals surface area contributed by atoms with Crippen LogP contribution < -0.4 is 15.0 Å². The van der Waals surface area contributed by atoms with Crippen molar-refractivity contribution in [1.82, 2.24) is 0 Å². The number of hydrogen-bond acceptors (Lipinski definition) is 3. The first-order valence-electron chi connectivity index (χ1n) is 8.17. The molecule has 0 saturated carbocycles. The molecule has 1 heterocycles. The lowest BCUT2D eigenvalue weighted by atomic mass is 10.1. The van der Waals surface area contributed by atoms with Gasteiger partial charge in [-0.25, -0.2) is 4.39 Å². The minimum Gasteiger partial charge on any atom is -0.494 e. The summed E-state index contributed by atoms with van der Waals surface area (Å²) in [6.45, 7) is 2.74. The van der Waals surface area contributed by atoms with Crippen LogP contribution in [0.4, 0.5) is 15.8 Å². The predicted octanol–water partition coefficient (Wildman–Crippen LogP) is 3.22. The standard InChI is InChI=1S/C19H19FN2O3/c1-2-25-15-9-7-14(8-10-15)22-12-13(11-18(22)23)19(24)21-17-6-4-3-5-16(17)20/h3-10,13H,2,11-12H2,1H3,(H,21,24)/t13-/m0/s1. The molecule has 0 radical (unpaired) electrons. The number of carbonyl (C=O) groups excluding carboxylic acids is 2. The molecule has 1 fully saturated rings. The number of nitrogens with zero attached hydrogens (tertiary/aromatic N) is 1. The van der Waals surface area contributed by atoms with Crippen molar-refractivity contribution in [1.29, 1.82) is 0 Å². The van der Waals surface area contributed by atoms with Crippen molar-refractivity contribution in [3.05, 3.63) is 54.3 Å². The van der Waals surface area contributed by atoms with E-state index in [0.29, 0.717) is 6.61 Å². The van der Waals surface area contributed by atoms with Crippen LogP contribution >= 0.6 is 0 Å². The highest BCUT2D eigenvalue weighted by molar-refractivity contribution is 6.03. The lowest BCUT2D eigenvalue weighted by Gasteiger charge is -2.17. The normalized spacial score (nSPS) is 16.8. The largest absolute Gasteiger partial charge is 0.494 e. The molecule has 0 aromatic heterocycles. The van der Waals surface area contributed by atoms with Crippen LogP contribution in [0.2, 0.25) is 0 Å². The first kappa shape index (κ1) is 17.0. The fraction of sp³-hybridized carbons (Fsp3) is 0.263. The van der Waals surface area contributed by atoms with Gasteiger partial charge in [0.25, 0.3) is 0 Å². The minimum atomic E-state index is -0.515. The molecule has 2 amide bonds. The monoisotopic (exact) mass is 342 g/mol. The average molecular weight is 342 g/mol. The highest BCUT2D eigenvalue weighted by Gasteiger charge is 2.35. The average Bonchev–Trinajstić information content (AvgIpc) is 3.00. The van der Waals surface area contributed by atoms with E-state index in [1.807, 2.05) is 6.92 Å². The van der Waals surface area contributed by atoms with Gasteiger partial charge in [-0.2, -0.15) is 0 Å². The fourth-order valence-electron chi connectivity index (χ4n) is 2.82. The molecule has 1 N–H and O–H groups in total. The van der Waals surface area contributed by atoms with Crippen molar-refractivity contribution in [2.75, 3.05) is 23.4 Å². The third-order valence-electron chi connectivity index (χ3n) is 4.09. The van der Waals surface area contributed by atoms with Crippen molar-refractivity contribution >= 4 is 23.2 Å². The molecule has 6 heteroatoms. The van der Waals surface area contributed by atoms with Gasteiger partial charge in [0.15, 0.2) is 0 Å². The van der Waals surface area contributed by atoms with Gasteiger partial charge < -0.3 is 15.0 Å². The lowest BCUT2D eigenvalue weighted by molar-refractivity contribution is -0.122. The Morgan fingerprint density at radius 3 is 2.64 bits per heavy atom. The summed E-state index contributed by atoms with van der Waals surface area (Å²) in [5, 5.41) is 2.56. The second-order valence-electron chi connectivity index (χ2n) is 5.80. The fourth-order valence-corrected chi connectivity index (χ4v) is 2.82. The smallest absolute Gasteiger partial charge is 0.229 e. The molecule has 0 spiro atoms. The van der Waals surface area contributed by atoms with E-state index in [9.17, 15) is 14.0 Å². The first-order valence-corrected chi connectivity index (χ1v) is 8.17. The third-order valence-corrected chi connectivity index (χ3v) is 4.09. The number of benzene rings is 2. The Hall–Kier alpha value is -2.89. The van der Waals surface area contributed by atoms with Gasteiger partial charge in [-0.3, -0.25) is 9.59 Å². The van der Waals surface area contributed by atoms with Gasteiger partial charge in [0, 0.05) is 18.7 Å². The summed E-state index contributed by atoms with van der Waals surface area (Å²) in [5.74, 6) is -0.765. The highest BCUT2D eigenvalue weighted by atomic mass is 19.1. The molecule has 1 aliphatic heterocycles. The summed E-state index contributed by atoms with van der Waals surface area (Å²) < 4.78 is 19.0. The predicted molar refractivity (Wildman–Crippen MR) is 93.1 cm³/mol. The Morgan fingerprint density at radius 1 is 1.24 bits per heavy atom. The maximum Gasteiger partial charge on any atom is 0.229 e. The molecule has 5 nitrogen and oxygen atoms in total. The summed E-state index contributed by atoms with van der Waals surface area (Å²) in [7, 11) is 0. The van der Waals surface area contributed by atoms with Gasteiger partial charge in [-0.15, -0.1) is 0 Å². The zero-order valence-corrected chi connectivity index (χ0v) is 13.9. The van der Waals surface area contributed by atoms with Crippen LogP contribution in [0.1, 0.15) is 13.3 Å². The molecule has 1 saturated heterocycles. The molecule has 2 aromatic carbocycles. The van der Waals surface area contributed by atoms with Crippen LogP contribution in [0.3, 0.4) is 0 Å². The van der Waals surface area contributed by atoms with Gasteiger partial charge in [0.2, 0.25) is 11.8 Å². The summed E-state index contributed by atoms with van der Waals surface area (Å²) in [5.41, 5.74) is 0.842. The Kier molecular flexibility index (Phi) is 4.97. The zero-order chi connectivity index (χ0) is 17.8. The second kappa shape index (κ2) is 7.34. The number of amides is 2. The SMILES string of the molecule is CCOc1ccc(N2C[C@@H](C(=O)Nc3ccccc3F)CC2=O)cc1. The summed E-state index contributed by atoms with van der Waals surface area (Å²) in [4.78, 5) is 26.2. The van der Waals surface area contributed by atoms with Gasteiger partial charge >= 0.3 is 0 Å². The molecule has 25 heavy (non-hydrogen) atoms. The molecule has 3 rings (SSSR count). The van der Waals surface area contributed by atoms with Crippen LogP contribution in [0.15, 0.2) is 48.5 Å². The van der Waals surface area contributed by atoms with Crippen molar-refractivity contribution in [2.45, 2.75) is 13.3 Å². The lowest BCUT2D eigenvalue weighted by Crippen LogP contribution is -2.28. The number of carbonyl (C=O) groups is 2.